The molecule has 0 aliphatic carbocycles. The van der Waals surface area contributed by atoms with E-state index in [1.54, 1.807) is 49.6 Å². The van der Waals surface area contributed by atoms with Gasteiger partial charge in [0.1, 0.15) is 18.1 Å². The highest BCUT2D eigenvalue weighted by molar-refractivity contribution is 6.46. The number of methoxy groups -OCH3 is 1. The number of rotatable bonds is 12. The quantitative estimate of drug-likeness (QED) is 0.0839. The number of ketones is 1. The van der Waals surface area contributed by atoms with Gasteiger partial charge in [-0.3, -0.25) is 9.59 Å². The predicted octanol–water partition coefficient (Wildman–Crippen LogP) is 7.08. The lowest BCUT2D eigenvalue weighted by Gasteiger charge is -2.26. The third-order valence-electron chi connectivity index (χ3n) is 7.35. The first kappa shape index (κ1) is 29.5. The van der Waals surface area contributed by atoms with Gasteiger partial charge in [0.05, 0.1) is 25.3 Å². The number of unbranched alkanes of at least 4 members (excludes halogenated alkanes) is 1. The summed E-state index contributed by atoms with van der Waals surface area (Å²) in [6.07, 6.45) is 1.89. The van der Waals surface area contributed by atoms with Crippen LogP contribution in [-0.2, 0) is 22.7 Å². The minimum Gasteiger partial charge on any atom is -0.507 e. The molecule has 220 valence electrons. The Bertz CT molecular complexity index is 1600. The van der Waals surface area contributed by atoms with Crippen LogP contribution in [0.25, 0.3) is 5.76 Å². The lowest BCUT2D eigenvalue weighted by molar-refractivity contribution is -0.140. The molecule has 4 aromatic carbocycles. The second-order valence-corrected chi connectivity index (χ2v) is 10.3. The van der Waals surface area contributed by atoms with Crippen LogP contribution < -0.4 is 14.2 Å². The van der Waals surface area contributed by atoms with Crippen molar-refractivity contribution in [3.8, 4) is 17.2 Å². The molecule has 0 saturated carbocycles. The number of aliphatic hydroxyl groups is 1. The van der Waals surface area contributed by atoms with Crippen molar-refractivity contribution < 1.29 is 28.9 Å². The van der Waals surface area contributed by atoms with Gasteiger partial charge >= 0.3 is 0 Å². The van der Waals surface area contributed by atoms with Gasteiger partial charge in [-0.05, 0) is 47.4 Å². The van der Waals surface area contributed by atoms with Crippen molar-refractivity contribution in [2.24, 2.45) is 0 Å². The maximum atomic E-state index is 13.6. The molecule has 0 radical (unpaired) electrons. The lowest BCUT2D eigenvalue weighted by Crippen LogP contribution is -2.29. The Morgan fingerprint density at radius 1 is 0.814 bits per heavy atom. The largest absolute Gasteiger partial charge is 0.507 e. The number of amides is 1. The molecule has 0 aromatic heterocycles. The summed E-state index contributed by atoms with van der Waals surface area (Å²) in [6, 6.07) is 30.6. The van der Waals surface area contributed by atoms with Crippen LogP contribution in [0.2, 0.25) is 0 Å². The highest BCUT2D eigenvalue weighted by Crippen LogP contribution is 2.43. The highest BCUT2D eigenvalue weighted by Gasteiger charge is 2.46. The molecule has 1 heterocycles. The average molecular weight is 578 g/mol. The van der Waals surface area contributed by atoms with Crippen LogP contribution in [-0.4, -0.2) is 35.4 Å². The first-order chi connectivity index (χ1) is 21.0. The minimum atomic E-state index is -0.859. The molecule has 1 atom stereocenters. The van der Waals surface area contributed by atoms with Crippen molar-refractivity contribution in [1.29, 1.82) is 0 Å². The zero-order chi connectivity index (χ0) is 30.2. The molecule has 7 nitrogen and oxygen atoms in total. The summed E-state index contributed by atoms with van der Waals surface area (Å²) in [5.41, 5.74) is 2.87. The predicted molar refractivity (Wildman–Crippen MR) is 165 cm³/mol. The Kier molecular flexibility index (Phi) is 9.42. The zero-order valence-electron chi connectivity index (χ0n) is 24.4. The monoisotopic (exact) mass is 577 g/mol. The molecule has 0 bridgehead atoms. The lowest BCUT2D eigenvalue weighted by atomic mass is 9.94. The summed E-state index contributed by atoms with van der Waals surface area (Å²) in [7, 11) is 1.54. The van der Waals surface area contributed by atoms with Crippen LogP contribution in [0.4, 0.5) is 0 Å². The SMILES string of the molecule is CCCCOc1cccc(C(O)=C2C(=O)C(=O)N(Cc3ccccc3)C2c2ccc(OCc3ccccc3)c(OC)c2)c1. The number of ether oxygens (including phenoxy) is 3. The van der Waals surface area contributed by atoms with Gasteiger partial charge in [-0.2, -0.15) is 0 Å². The fourth-order valence-corrected chi connectivity index (χ4v) is 5.10. The Morgan fingerprint density at radius 2 is 1.53 bits per heavy atom. The standard InChI is InChI=1S/C36H35NO6/c1-3-4-20-42-29-17-11-16-28(21-29)34(38)32-33(37(36(40)35(32)39)23-25-12-7-5-8-13-25)27-18-19-30(31(22-27)41-2)43-24-26-14-9-6-10-15-26/h5-19,21-22,33,38H,3-4,20,23-24H2,1-2H3. The number of likely N-dealkylation sites (tertiary alicyclic amines) is 1. The molecular formula is C36H35NO6. The molecule has 4 aromatic rings. The molecule has 7 heteroatoms. The molecule has 1 unspecified atom stereocenters. The molecule has 1 N–H and O–H groups in total. The Morgan fingerprint density at radius 3 is 2.23 bits per heavy atom. The summed E-state index contributed by atoms with van der Waals surface area (Å²) < 4.78 is 17.6. The number of hydrogen-bond acceptors (Lipinski definition) is 6. The Hall–Kier alpha value is -5.04. The topological polar surface area (TPSA) is 85.3 Å². The normalized spacial score (nSPS) is 15.9. The van der Waals surface area contributed by atoms with E-state index in [-0.39, 0.29) is 17.9 Å². The van der Waals surface area contributed by atoms with E-state index in [9.17, 15) is 14.7 Å². The van der Waals surface area contributed by atoms with Crippen LogP contribution in [0.1, 0.15) is 48.1 Å². The van der Waals surface area contributed by atoms with E-state index in [4.69, 9.17) is 14.2 Å². The van der Waals surface area contributed by atoms with Crippen LogP contribution in [0.3, 0.4) is 0 Å². The second kappa shape index (κ2) is 13.7. The van der Waals surface area contributed by atoms with E-state index in [1.807, 2.05) is 60.7 Å². The zero-order valence-corrected chi connectivity index (χ0v) is 24.4. The molecule has 0 spiro atoms. The molecule has 1 saturated heterocycles. The number of Topliss-reactive ketones (excluding diaryl/α,β-unsaturated/α-hetero) is 1. The Balaban J connectivity index is 1.55. The van der Waals surface area contributed by atoms with Gasteiger partial charge in [0.15, 0.2) is 11.5 Å². The van der Waals surface area contributed by atoms with Crippen LogP contribution in [0.5, 0.6) is 17.2 Å². The van der Waals surface area contributed by atoms with Crippen LogP contribution >= 0.6 is 0 Å². The third kappa shape index (κ3) is 6.72. The van der Waals surface area contributed by atoms with E-state index in [0.717, 1.165) is 24.0 Å². The van der Waals surface area contributed by atoms with Crippen molar-refractivity contribution in [3.05, 3.63) is 131 Å². The highest BCUT2D eigenvalue weighted by atomic mass is 16.5. The van der Waals surface area contributed by atoms with Crippen molar-refractivity contribution in [2.45, 2.75) is 39.0 Å². The molecule has 1 aliphatic heterocycles. The van der Waals surface area contributed by atoms with Gasteiger partial charge < -0.3 is 24.2 Å². The van der Waals surface area contributed by atoms with Gasteiger partial charge in [-0.15, -0.1) is 0 Å². The van der Waals surface area contributed by atoms with Gasteiger partial charge in [0.2, 0.25) is 0 Å². The van der Waals surface area contributed by atoms with Crippen LogP contribution in [0.15, 0.2) is 109 Å². The maximum absolute atomic E-state index is 13.6. The molecule has 43 heavy (non-hydrogen) atoms. The minimum absolute atomic E-state index is 0.00615. The number of aliphatic hydroxyl groups excluding tert-OH is 1. The van der Waals surface area contributed by atoms with Crippen molar-refractivity contribution in [1.82, 2.24) is 4.90 Å². The van der Waals surface area contributed by atoms with E-state index in [0.29, 0.717) is 41.6 Å². The second-order valence-electron chi connectivity index (χ2n) is 10.3. The molecule has 5 rings (SSSR count). The van der Waals surface area contributed by atoms with Gasteiger partial charge in [0, 0.05) is 12.1 Å². The Labute approximate surface area is 252 Å². The molecule has 1 amide bonds. The van der Waals surface area contributed by atoms with Crippen molar-refractivity contribution >= 4 is 17.4 Å². The average Bonchev–Trinajstić information content (AvgIpc) is 3.29. The summed E-state index contributed by atoms with van der Waals surface area (Å²) in [4.78, 5) is 28.6. The third-order valence-corrected chi connectivity index (χ3v) is 7.35. The fourth-order valence-electron chi connectivity index (χ4n) is 5.10. The van der Waals surface area contributed by atoms with E-state index in [2.05, 4.69) is 6.92 Å². The van der Waals surface area contributed by atoms with E-state index >= 15 is 0 Å². The van der Waals surface area contributed by atoms with Gasteiger partial charge in [-0.1, -0.05) is 92.2 Å². The van der Waals surface area contributed by atoms with E-state index in [1.165, 1.54) is 4.90 Å². The fraction of sp³-hybridized carbons (Fsp3) is 0.222. The van der Waals surface area contributed by atoms with Crippen molar-refractivity contribution in [3.63, 3.8) is 0 Å². The number of nitrogens with zero attached hydrogens (tertiary/aromatic N) is 1. The van der Waals surface area contributed by atoms with Gasteiger partial charge in [0.25, 0.3) is 11.7 Å². The summed E-state index contributed by atoms with van der Waals surface area (Å²) >= 11 is 0. The number of carbonyl (C=O) groups is 2. The maximum Gasteiger partial charge on any atom is 0.295 e. The molecule has 1 aliphatic rings. The molecule has 1 fully saturated rings. The summed E-state index contributed by atoms with van der Waals surface area (Å²) in [6.45, 7) is 3.15. The summed E-state index contributed by atoms with van der Waals surface area (Å²) in [5.74, 6) is -0.150. The number of benzene rings is 4. The van der Waals surface area contributed by atoms with Crippen LogP contribution in [0, 0.1) is 0 Å². The summed E-state index contributed by atoms with van der Waals surface area (Å²) in [5, 5.41) is 11.6. The first-order valence-electron chi connectivity index (χ1n) is 14.4. The molecular weight excluding hydrogens is 542 g/mol. The smallest absolute Gasteiger partial charge is 0.295 e. The van der Waals surface area contributed by atoms with Gasteiger partial charge in [-0.25, -0.2) is 0 Å². The first-order valence-corrected chi connectivity index (χ1v) is 14.4. The van der Waals surface area contributed by atoms with Crippen molar-refractivity contribution in [2.75, 3.05) is 13.7 Å². The number of carbonyl (C=O) groups excluding carboxylic acids is 2. The number of hydrogen-bond donors (Lipinski definition) is 1. The van der Waals surface area contributed by atoms with E-state index < -0.39 is 17.7 Å².